The molecule has 2 aromatic heterocycles. The number of fused-ring (bicyclic) bond motifs is 1. The number of rotatable bonds is 7. The smallest absolute Gasteiger partial charge is 0.259 e. The Hall–Kier alpha value is -3.02. The van der Waals surface area contributed by atoms with Crippen molar-refractivity contribution in [1.29, 1.82) is 0 Å². The maximum absolute atomic E-state index is 14.7. The molecule has 192 valence electrons. The Labute approximate surface area is 212 Å². The fraction of sp³-hybridized carbons (Fsp3) is 0.480. The summed E-state index contributed by atoms with van der Waals surface area (Å²) in [4.78, 5) is 17.4. The minimum Gasteiger partial charge on any atom is -0.415 e. The first-order valence-electron chi connectivity index (χ1n) is 12.2. The molecule has 9 nitrogen and oxygen atoms in total. The molecule has 0 bridgehead atoms. The van der Waals surface area contributed by atoms with Crippen molar-refractivity contribution in [2.75, 3.05) is 18.5 Å². The number of amides is 1. The second-order valence-corrected chi connectivity index (χ2v) is 15.6. The molecule has 0 fully saturated rings. The van der Waals surface area contributed by atoms with Gasteiger partial charge in [-0.2, -0.15) is 0 Å². The van der Waals surface area contributed by atoms with Gasteiger partial charge in [0.05, 0.1) is 18.2 Å². The number of pyridine rings is 1. The summed E-state index contributed by atoms with van der Waals surface area (Å²) in [6, 6.07) is 8.11. The number of carbonyl (C=O) groups is 1. The van der Waals surface area contributed by atoms with Crippen molar-refractivity contribution in [2.24, 2.45) is 0 Å². The quantitative estimate of drug-likeness (QED) is 0.454. The van der Waals surface area contributed by atoms with Gasteiger partial charge in [0, 0.05) is 6.54 Å². The monoisotopic (exact) mass is 511 g/mol. The van der Waals surface area contributed by atoms with Gasteiger partial charge in [0.2, 0.25) is 5.82 Å². The lowest BCUT2D eigenvalue weighted by molar-refractivity contribution is 0.102. The zero-order chi connectivity index (χ0) is 26.1. The van der Waals surface area contributed by atoms with Crippen molar-refractivity contribution >= 4 is 20.0 Å². The Morgan fingerprint density at radius 1 is 1.28 bits per heavy atom. The predicted molar refractivity (Wildman–Crippen MR) is 139 cm³/mol. The summed E-state index contributed by atoms with van der Waals surface area (Å²) in [5, 5.41) is 18.2. The summed E-state index contributed by atoms with van der Waals surface area (Å²) in [6.07, 6.45) is 0.742. The lowest BCUT2D eigenvalue weighted by atomic mass is 9.98. The first kappa shape index (κ1) is 26.1. The van der Waals surface area contributed by atoms with Gasteiger partial charge in [-0.3, -0.25) is 4.79 Å². The van der Waals surface area contributed by atoms with Gasteiger partial charge in [-0.15, -0.1) is 5.10 Å². The molecule has 1 aliphatic heterocycles. The molecular weight excluding hydrogens is 477 g/mol. The van der Waals surface area contributed by atoms with Crippen LogP contribution in [-0.4, -0.2) is 52.6 Å². The van der Waals surface area contributed by atoms with Gasteiger partial charge < -0.3 is 15.1 Å². The number of aromatic nitrogens is 5. The molecule has 0 spiro atoms. The molecule has 0 saturated carbocycles. The Morgan fingerprint density at radius 2 is 2.06 bits per heavy atom. The lowest BCUT2D eigenvalue weighted by Crippen LogP contribution is -2.42. The molecule has 3 heterocycles. The molecule has 36 heavy (non-hydrogen) atoms. The van der Waals surface area contributed by atoms with Gasteiger partial charge in [0.1, 0.15) is 17.3 Å². The normalized spacial score (nSPS) is 14.9. The number of halogens is 1. The fourth-order valence-electron chi connectivity index (χ4n) is 3.76. The number of nitrogens with zero attached hydrogens (tertiary/aromatic N) is 5. The molecule has 1 atom stereocenters. The van der Waals surface area contributed by atoms with Crippen molar-refractivity contribution in [1.82, 2.24) is 30.5 Å². The third-order valence-electron chi connectivity index (χ3n) is 7.04. The first-order chi connectivity index (χ1) is 17.0. The number of hydrogen-bond acceptors (Lipinski definition) is 7. The Kier molecular flexibility index (Phi) is 7.35. The topological polar surface area (TPSA) is 107 Å². The van der Waals surface area contributed by atoms with E-state index in [2.05, 4.69) is 65.0 Å². The highest BCUT2D eigenvalue weighted by atomic mass is 28.4. The number of carbonyl (C=O) groups excluding carboxylic acids is 1. The van der Waals surface area contributed by atoms with E-state index >= 15 is 0 Å². The Balaban J connectivity index is 1.51. The van der Waals surface area contributed by atoms with E-state index in [1.54, 1.807) is 28.9 Å². The Morgan fingerprint density at radius 3 is 2.81 bits per heavy atom. The molecule has 0 saturated heterocycles. The van der Waals surface area contributed by atoms with Crippen molar-refractivity contribution in [2.45, 2.75) is 64.8 Å². The summed E-state index contributed by atoms with van der Waals surface area (Å²) in [6.45, 7) is 14.9. The fourth-order valence-corrected chi connectivity index (χ4v) is 4.86. The largest absolute Gasteiger partial charge is 0.415 e. The molecule has 0 aliphatic carbocycles. The van der Waals surface area contributed by atoms with Crippen LogP contribution in [0.15, 0.2) is 30.3 Å². The van der Waals surface area contributed by atoms with Crippen LogP contribution in [0.5, 0.6) is 0 Å². The molecule has 4 rings (SSSR count). The molecule has 0 radical (unpaired) electrons. The summed E-state index contributed by atoms with van der Waals surface area (Å²) >= 11 is 0. The van der Waals surface area contributed by atoms with E-state index in [-0.39, 0.29) is 22.5 Å². The van der Waals surface area contributed by atoms with Crippen LogP contribution in [-0.2, 0) is 17.4 Å². The highest BCUT2D eigenvalue weighted by Gasteiger charge is 2.37. The Bertz CT molecular complexity index is 1260. The van der Waals surface area contributed by atoms with E-state index in [1.807, 2.05) is 6.92 Å². The third-order valence-corrected chi connectivity index (χ3v) is 11.5. The van der Waals surface area contributed by atoms with Crippen molar-refractivity contribution in [3.8, 4) is 11.5 Å². The van der Waals surface area contributed by atoms with Gasteiger partial charge in [-0.25, -0.2) is 14.1 Å². The van der Waals surface area contributed by atoms with E-state index in [0.29, 0.717) is 24.7 Å². The average Bonchev–Trinajstić information content (AvgIpc) is 3.32. The number of hydrogen-bond donors (Lipinski definition) is 2. The zero-order valence-electron chi connectivity index (χ0n) is 21.7. The van der Waals surface area contributed by atoms with E-state index in [4.69, 9.17) is 4.43 Å². The second-order valence-electron chi connectivity index (χ2n) is 10.8. The maximum Gasteiger partial charge on any atom is 0.259 e. The minimum atomic E-state index is -1.93. The third kappa shape index (κ3) is 5.53. The van der Waals surface area contributed by atoms with Gasteiger partial charge in [-0.1, -0.05) is 26.8 Å². The van der Waals surface area contributed by atoms with Crippen LogP contribution in [0.4, 0.5) is 10.2 Å². The van der Waals surface area contributed by atoms with Crippen molar-refractivity contribution < 1.29 is 13.6 Å². The summed E-state index contributed by atoms with van der Waals surface area (Å²) in [5.74, 6) is -0.346. The molecule has 1 aromatic carbocycles. The molecule has 11 heteroatoms. The maximum atomic E-state index is 14.7. The van der Waals surface area contributed by atoms with Crippen molar-refractivity contribution in [3.63, 3.8) is 0 Å². The number of anilines is 1. The van der Waals surface area contributed by atoms with Gasteiger partial charge in [0.15, 0.2) is 8.32 Å². The van der Waals surface area contributed by atoms with Crippen LogP contribution in [0.1, 0.15) is 55.2 Å². The number of nitrogens with one attached hydrogen (secondary N) is 2. The zero-order valence-corrected chi connectivity index (χ0v) is 22.7. The average molecular weight is 512 g/mol. The number of tetrazole rings is 1. The van der Waals surface area contributed by atoms with Crippen LogP contribution in [0.2, 0.25) is 18.1 Å². The van der Waals surface area contributed by atoms with Crippen LogP contribution in [0.3, 0.4) is 0 Å². The van der Waals surface area contributed by atoms with Crippen molar-refractivity contribution in [3.05, 3.63) is 52.8 Å². The minimum absolute atomic E-state index is 0.00844. The van der Waals surface area contributed by atoms with E-state index in [9.17, 15) is 9.18 Å². The summed E-state index contributed by atoms with van der Waals surface area (Å²) < 4.78 is 22.7. The predicted octanol–water partition coefficient (Wildman–Crippen LogP) is 4.36. The molecule has 1 aliphatic rings. The van der Waals surface area contributed by atoms with Crippen LogP contribution >= 0.6 is 0 Å². The van der Waals surface area contributed by atoms with Gasteiger partial charge in [-0.05, 0) is 83.8 Å². The molecule has 0 unspecified atom stereocenters. The lowest BCUT2D eigenvalue weighted by Gasteiger charge is -2.36. The summed E-state index contributed by atoms with van der Waals surface area (Å²) in [5.41, 5.74) is 2.35. The molecule has 1 amide bonds. The SMILES string of the molecule is C[C@H](CO[Si](C)(C)C(C)(C)C)n1nnnc1-c1cccc(NC(=O)c2cc3c(cc2F)CCNC3)n1. The molecular formula is C25H34FN7O2Si. The van der Waals surface area contributed by atoms with Crippen LogP contribution in [0, 0.1) is 5.82 Å². The summed E-state index contributed by atoms with van der Waals surface area (Å²) in [7, 11) is -1.93. The molecule has 3 aromatic rings. The standard InChI is InChI=1S/C25H34FN7O2Si/c1-16(15-35-36(5,6)25(2,3)4)33-23(30-31-32-33)21-8-7-9-22(28-21)29-24(34)19-12-18-14-27-11-10-17(18)13-20(19)26/h7-9,12-13,16,27H,10-11,14-15H2,1-6H3,(H,28,29,34)/t16-/m1/s1. The highest BCUT2D eigenvalue weighted by molar-refractivity contribution is 6.74. The van der Waals surface area contributed by atoms with E-state index in [1.165, 1.54) is 6.07 Å². The van der Waals surface area contributed by atoms with Crippen LogP contribution in [0.25, 0.3) is 11.5 Å². The number of benzene rings is 1. The van der Waals surface area contributed by atoms with Crippen LogP contribution < -0.4 is 10.6 Å². The first-order valence-corrected chi connectivity index (χ1v) is 15.1. The highest BCUT2D eigenvalue weighted by Crippen LogP contribution is 2.37. The van der Waals surface area contributed by atoms with E-state index < -0.39 is 20.0 Å². The van der Waals surface area contributed by atoms with E-state index in [0.717, 1.165) is 24.1 Å². The van der Waals surface area contributed by atoms with Gasteiger partial charge in [0.25, 0.3) is 5.91 Å². The second kappa shape index (κ2) is 10.2. The van der Waals surface area contributed by atoms with Gasteiger partial charge >= 0.3 is 0 Å². The molecule has 2 N–H and O–H groups in total.